The normalized spacial score (nSPS) is 17.1. The Balaban J connectivity index is 1.97. The van der Waals surface area contributed by atoms with Crippen LogP contribution in [0.5, 0.6) is 0 Å². The van der Waals surface area contributed by atoms with Gasteiger partial charge in [-0.2, -0.15) is 4.98 Å². The van der Waals surface area contributed by atoms with Crippen LogP contribution in [0.2, 0.25) is 5.28 Å². The monoisotopic (exact) mass is 240 g/mol. The lowest BCUT2D eigenvalue weighted by Gasteiger charge is -2.16. The van der Waals surface area contributed by atoms with Crippen molar-refractivity contribution in [2.75, 3.05) is 17.6 Å². The third kappa shape index (κ3) is 2.55. The van der Waals surface area contributed by atoms with Crippen LogP contribution < -0.4 is 11.1 Å². The quantitative estimate of drug-likeness (QED) is 0.777. The van der Waals surface area contributed by atoms with Crippen LogP contribution >= 0.6 is 11.6 Å². The van der Waals surface area contributed by atoms with Crippen LogP contribution in [0.15, 0.2) is 6.20 Å². The Morgan fingerprint density at radius 1 is 1.56 bits per heavy atom. The molecule has 1 fully saturated rings. The molecule has 1 aliphatic carbocycles. The fraction of sp³-hybridized carbons (Fsp3) is 0.636. The highest BCUT2D eigenvalue weighted by molar-refractivity contribution is 6.28. The first-order valence-electron chi connectivity index (χ1n) is 5.67. The summed E-state index contributed by atoms with van der Waals surface area (Å²) in [5.74, 6) is 0.655. The Morgan fingerprint density at radius 2 is 2.31 bits per heavy atom. The summed E-state index contributed by atoms with van der Waals surface area (Å²) < 4.78 is 0. The molecule has 1 aromatic heterocycles. The molecule has 0 aliphatic heterocycles. The zero-order valence-corrected chi connectivity index (χ0v) is 10.2. The molecule has 0 aromatic carbocycles. The highest BCUT2D eigenvalue weighted by atomic mass is 35.5. The van der Waals surface area contributed by atoms with Crippen LogP contribution in [0.3, 0.4) is 0 Å². The van der Waals surface area contributed by atoms with Crippen LogP contribution in [0.4, 0.5) is 11.5 Å². The molecular weight excluding hydrogens is 224 g/mol. The number of nitrogens with one attached hydrogen (secondary N) is 1. The van der Waals surface area contributed by atoms with E-state index in [1.165, 1.54) is 31.9 Å². The summed E-state index contributed by atoms with van der Waals surface area (Å²) in [4.78, 5) is 7.91. The number of hydrogen-bond donors (Lipinski definition) is 2. The first-order valence-corrected chi connectivity index (χ1v) is 6.05. The molecule has 0 saturated heterocycles. The minimum Gasteiger partial charge on any atom is -0.394 e. The van der Waals surface area contributed by atoms with Crippen molar-refractivity contribution in [3.63, 3.8) is 0 Å². The average Bonchev–Trinajstić information content (AvgIpc) is 3.01. The summed E-state index contributed by atoms with van der Waals surface area (Å²) in [6.07, 6.45) is 6.62. The number of hydrogen-bond acceptors (Lipinski definition) is 4. The second-order valence-corrected chi connectivity index (χ2v) is 4.88. The first-order chi connectivity index (χ1) is 7.65. The lowest BCUT2D eigenvalue weighted by molar-refractivity contribution is 0.485. The summed E-state index contributed by atoms with van der Waals surface area (Å²) in [6, 6.07) is 0. The fourth-order valence-corrected chi connectivity index (χ4v) is 2.14. The molecular formula is C11H17ClN4. The van der Waals surface area contributed by atoms with E-state index in [1.807, 2.05) is 0 Å². The van der Waals surface area contributed by atoms with Crippen molar-refractivity contribution in [2.45, 2.75) is 32.6 Å². The number of nitrogen functional groups attached to an aromatic ring is 1. The minimum atomic E-state index is 0.233. The van der Waals surface area contributed by atoms with Gasteiger partial charge in [0.15, 0.2) is 5.82 Å². The molecule has 0 spiro atoms. The van der Waals surface area contributed by atoms with Gasteiger partial charge in [0.05, 0.1) is 11.9 Å². The molecule has 1 saturated carbocycles. The van der Waals surface area contributed by atoms with Crippen molar-refractivity contribution in [3.8, 4) is 0 Å². The van der Waals surface area contributed by atoms with E-state index in [2.05, 4.69) is 22.2 Å². The highest BCUT2D eigenvalue weighted by Gasteiger charge is 2.41. The van der Waals surface area contributed by atoms with Crippen LogP contribution in [-0.2, 0) is 0 Å². The summed E-state index contributed by atoms with van der Waals surface area (Å²) in [5.41, 5.74) is 6.79. The van der Waals surface area contributed by atoms with E-state index in [0.717, 1.165) is 6.54 Å². The predicted octanol–water partition coefficient (Wildman–Crippen LogP) is 2.70. The van der Waals surface area contributed by atoms with E-state index in [9.17, 15) is 0 Å². The van der Waals surface area contributed by atoms with Crippen LogP contribution in [0.1, 0.15) is 32.6 Å². The molecule has 1 heterocycles. The SMILES string of the molecule is CCCC1(CNc2nc(Cl)ncc2N)CC1. The molecule has 4 nitrogen and oxygen atoms in total. The van der Waals surface area contributed by atoms with Crippen molar-refractivity contribution < 1.29 is 0 Å². The van der Waals surface area contributed by atoms with Gasteiger partial charge in [-0.3, -0.25) is 0 Å². The third-order valence-electron chi connectivity index (χ3n) is 3.16. The zero-order valence-electron chi connectivity index (χ0n) is 9.46. The molecule has 0 radical (unpaired) electrons. The molecule has 88 valence electrons. The van der Waals surface area contributed by atoms with E-state index in [1.54, 1.807) is 0 Å². The van der Waals surface area contributed by atoms with Crippen molar-refractivity contribution in [1.29, 1.82) is 0 Å². The predicted molar refractivity (Wildman–Crippen MR) is 66.5 cm³/mol. The van der Waals surface area contributed by atoms with Gasteiger partial charge in [-0.1, -0.05) is 13.3 Å². The number of nitrogens with two attached hydrogens (primary N) is 1. The standard InChI is InChI=1S/C11H17ClN4/c1-2-3-11(4-5-11)7-15-9-8(13)6-14-10(12)16-9/h6H,2-5,7,13H2,1H3,(H,14,15,16). The molecule has 0 amide bonds. The molecule has 16 heavy (non-hydrogen) atoms. The maximum atomic E-state index is 5.77. The highest BCUT2D eigenvalue weighted by Crippen LogP contribution is 2.49. The molecule has 0 atom stereocenters. The van der Waals surface area contributed by atoms with E-state index >= 15 is 0 Å². The van der Waals surface area contributed by atoms with Crippen molar-refractivity contribution in [3.05, 3.63) is 11.5 Å². The van der Waals surface area contributed by atoms with Crippen LogP contribution in [0, 0.1) is 5.41 Å². The maximum Gasteiger partial charge on any atom is 0.224 e. The smallest absolute Gasteiger partial charge is 0.224 e. The summed E-state index contributed by atoms with van der Waals surface area (Å²) in [6.45, 7) is 3.15. The number of anilines is 2. The van der Waals surface area contributed by atoms with Crippen LogP contribution in [0.25, 0.3) is 0 Å². The Morgan fingerprint density at radius 3 is 2.94 bits per heavy atom. The Bertz CT molecular complexity index is 376. The second kappa shape index (κ2) is 4.45. The molecule has 2 rings (SSSR count). The lowest BCUT2D eigenvalue weighted by Crippen LogP contribution is -2.17. The van der Waals surface area contributed by atoms with Crippen LogP contribution in [-0.4, -0.2) is 16.5 Å². The zero-order chi connectivity index (χ0) is 11.6. The van der Waals surface area contributed by atoms with Crippen molar-refractivity contribution in [2.24, 2.45) is 5.41 Å². The van der Waals surface area contributed by atoms with Crippen molar-refractivity contribution >= 4 is 23.1 Å². The first kappa shape index (κ1) is 11.5. The van der Waals surface area contributed by atoms with E-state index in [-0.39, 0.29) is 5.28 Å². The molecule has 0 unspecified atom stereocenters. The molecule has 1 aliphatic rings. The summed E-state index contributed by atoms with van der Waals surface area (Å²) in [7, 11) is 0. The van der Waals surface area contributed by atoms with Gasteiger partial charge in [-0.25, -0.2) is 4.98 Å². The summed E-state index contributed by atoms with van der Waals surface area (Å²) >= 11 is 5.73. The van der Waals surface area contributed by atoms with Gasteiger partial charge >= 0.3 is 0 Å². The molecule has 3 N–H and O–H groups in total. The third-order valence-corrected chi connectivity index (χ3v) is 3.34. The Kier molecular flexibility index (Phi) is 3.19. The summed E-state index contributed by atoms with van der Waals surface area (Å²) in [5, 5.41) is 3.51. The minimum absolute atomic E-state index is 0.233. The molecule has 1 aromatic rings. The largest absolute Gasteiger partial charge is 0.394 e. The number of rotatable bonds is 5. The van der Waals surface area contributed by atoms with Gasteiger partial charge in [0, 0.05) is 6.54 Å². The van der Waals surface area contributed by atoms with E-state index in [4.69, 9.17) is 17.3 Å². The number of halogens is 1. The van der Waals surface area contributed by atoms with Gasteiger partial charge in [0.25, 0.3) is 0 Å². The van der Waals surface area contributed by atoms with Gasteiger partial charge in [-0.05, 0) is 36.3 Å². The topological polar surface area (TPSA) is 63.8 Å². The number of nitrogens with zero attached hydrogens (tertiary/aromatic N) is 2. The van der Waals surface area contributed by atoms with Gasteiger partial charge in [0.1, 0.15) is 0 Å². The molecule has 5 heteroatoms. The van der Waals surface area contributed by atoms with E-state index < -0.39 is 0 Å². The fourth-order valence-electron chi connectivity index (χ4n) is 2.00. The van der Waals surface area contributed by atoms with E-state index in [0.29, 0.717) is 16.9 Å². The molecule has 0 bridgehead atoms. The second-order valence-electron chi connectivity index (χ2n) is 4.55. The van der Waals surface area contributed by atoms with Gasteiger partial charge in [0.2, 0.25) is 5.28 Å². The maximum absolute atomic E-state index is 5.77. The number of aromatic nitrogens is 2. The lowest BCUT2D eigenvalue weighted by atomic mass is 10.0. The Labute approximate surface area is 101 Å². The van der Waals surface area contributed by atoms with Gasteiger partial charge in [-0.15, -0.1) is 0 Å². The van der Waals surface area contributed by atoms with Crippen molar-refractivity contribution in [1.82, 2.24) is 9.97 Å². The van der Waals surface area contributed by atoms with Gasteiger partial charge < -0.3 is 11.1 Å². The Hall–Kier alpha value is -1.03. The average molecular weight is 241 g/mol.